The molecule has 212 valence electrons. The van der Waals surface area contributed by atoms with Gasteiger partial charge in [-0.3, -0.25) is 13.9 Å². The quantitative estimate of drug-likeness (QED) is 0.245. The van der Waals surface area contributed by atoms with E-state index in [9.17, 15) is 18.0 Å². The highest BCUT2D eigenvalue weighted by atomic mass is 35.5. The molecule has 1 aliphatic rings. The number of amides is 2. The molecule has 10 heteroatoms. The topological polar surface area (TPSA) is 86.8 Å². The smallest absolute Gasteiger partial charge is 0.265 e. The zero-order valence-electron chi connectivity index (χ0n) is 22.4. The number of rotatable bonds is 10. The molecule has 0 saturated carbocycles. The molecule has 5 rings (SSSR count). The Morgan fingerprint density at radius 3 is 2.34 bits per heavy atom. The van der Waals surface area contributed by atoms with E-state index in [2.05, 4.69) is 5.32 Å². The molecule has 0 fully saturated rings. The zero-order valence-corrected chi connectivity index (χ0v) is 24.7. The molecule has 1 heterocycles. The van der Waals surface area contributed by atoms with Crippen molar-refractivity contribution < 1.29 is 18.0 Å². The van der Waals surface area contributed by atoms with Crippen LogP contribution in [0, 0.1) is 0 Å². The van der Waals surface area contributed by atoms with Crippen molar-refractivity contribution in [2.24, 2.45) is 0 Å². The van der Waals surface area contributed by atoms with Crippen LogP contribution in [0.3, 0.4) is 0 Å². The molecule has 1 atom stereocenters. The molecule has 4 aromatic carbocycles. The fourth-order valence-electron chi connectivity index (χ4n) is 5.27. The normalized spacial score (nSPS) is 14.2. The van der Waals surface area contributed by atoms with Crippen LogP contribution in [0.2, 0.25) is 10.0 Å². The van der Waals surface area contributed by atoms with Crippen molar-refractivity contribution in [1.29, 1.82) is 0 Å². The van der Waals surface area contributed by atoms with Crippen LogP contribution in [0.5, 0.6) is 0 Å². The molecule has 0 saturated heterocycles. The fraction of sp³-hybridized carbons (Fsp3) is 0.226. The first kappa shape index (κ1) is 28.9. The van der Waals surface area contributed by atoms with E-state index < -0.39 is 16.1 Å². The number of hydrogen-bond acceptors (Lipinski definition) is 4. The Kier molecular flexibility index (Phi) is 8.54. The van der Waals surface area contributed by atoms with Gasteiger partial charge in [0.2, 0.25) is 11.8 Å². The van der Waals surface area contributed by atoms with E-state index >= 15 is 0 Å². The minimum atomic E-state index is -3.73. The van der Waals surface area contributed by atoms with Gasteiger partial charge in [0, 0.05) is 38.4 Å². The van der Waals surface area contributed by atoms with Crippen molar-refractivity contribution in [1.82, 2.24) is 10.2 Å². The molecule has 0 unspecified atom stereocenters. The monoisotopic (exact) mass is 609 g/mol. The summed E-state index contributed by atoms with van der Waals surface area (Å²) in [7, 11) is -2.19. The molecule has 41 heavy (non-hydrogen) atoms. The molecule has 1 N–H and O–H groups in total. The Hall–Kier alpha value is -3.59. The van der Waals surface area contributed by atoms with Gasteiger partial charge in [-0.1, -0.05) is 83.9 Å². The van der Waals surface area contributed by atoms with Gasteiger partial charge in [0.1, 0.15) is 6.04 Å². The van der Waals surface area contributed by atoms with E-state index in [0.717, 1.165) is 16.5 Å². The third-order valence-corrected chi connectivity index (χ3v) is 9.88. The third kappa shape index (κ3) is 5.91. The molecular formula is C31H29Cl2N3O4S. The molecule has 0 bridgehead atoms. The molecular weight excluding hydrogens is 581 g/mol. The highest BCUT2D eigenvalue weighted by Gasteiger charge is 2.36. The Morgan fingerprint density at radius 2 is 1.63 bits per heavy atom. The van der Waals surface area contributed by atoms with E-state index in [1.807, 2.05) is 48.5 Å². The maximum atomic E-state index is 13.8. The first-order valence-electron chi connectivity index (χ1n) is 13.2. The summed E-state index contributed by atoms with van der Waals surface area (Å²) in [5.41, 5.74) is 2.24. The summed E-state index contributed by atoms with van der Waals surface area (Å²) < 4.78 is 28.1. The van der Waals surface area contributed by atoms with E-state index in [-0.39, 0.29) is 42.6 Å². The van der Waals surface area contributed by atoms with Crippen LogP contribution < -0.4 is 9.62 Å². The Morgan fingerprint density at radius 1 is 0.902 bits per heavy atom. The van der Waals surface area contributed by atoms with Gasteiger partial charge in [-0.2, -0.15) is 0 Å². The first-order chi connectivity index (χ1) is 19.7. The van der Waals surface area contributed by atoms with Crippen molar-refractivity contribution in [3.8, 4) is 0 Å². The van der Waals surface area contributed by atoms with Crippen molar-refractivity contribution in [3.05, 3.63) is 106 Å². The van der Waals surface area contributed by atoms with Gasteiger partial charge in [0.15, 0.2) is 0 Å². The maximum absolute atomic E-state index is 13.8. The molecule has 0 spiro atoms. The Labute approximate surface area is 249 Å². The molecule has 0 aromatic heterocycles. The Bertz CT molecular complexity index is 1710. The van der Waals surface area contributed by atoms with Gasteiger partial charge in [0.05, 0.1) is 20.6 Å². The maximum Gasteiger partial charge on any atom is 0.265 e. The minimum Gasteiger partial charge on any atom is -0.357 e. The fourth-order valence-corrected chi connectivity index (χ4v) is 7.34. The van der Waals surface area contributed by atoms with Crippen LogP contribution in [-0.4, -0.2) is 44.8 Å². The second kappa shape index (κ2) is 12.1. The van der Waals surface area contributed by atoms with E-state index in [1.165, 1.54) is 4.31 Å². The molecule has 0 radical (unpaired) electrons. The molecule has 4 aromatic rings. The predicted octanol–water partition coefficient (Wildman–Crippen LogP) is 5.82. The molecule has 2 amide bonds. The highest BCUT2D eigenvalue weighted by molar-refractivity contribution is 7.93. The summed E-state index contributed by atoms with van der Waals surface area (Å²) in [4.78, 5) is 28.8. The lowest BCUT2D eigenvalue weighted by Gasteiger charge is -2.31. The number of hydrogen-bond donors (Lipinski definition) is 1. The summed E-state index contributed by atoms with van der Waals surface area (Å²) >= 11 is 12.4. The van der Waals surface area contributed by atoms with Gasteiger partial charge in [0.25, 0.3) is 10.0 Å². The SMILES string of the molecule is CNC(=O)[C@@H](Cc1ccccc1)N(Cc1ccc(Cl)c(Cl)c1)C(=O)CCCN1c2cccc3cccc(c23)S1(=O)=O. The number of nitrogens with zero attached hydrogens (tertiary/aromatic N) is 2. The lowest BCUT2D eigenvalue weighted by molar-refractivity contribution is -0.141. The van der Waals surface area contributed by atoms with Crippen LogP contribution in [0.4, 0.5) is 5.69 Å². The van der Waals surface area contributed by atoms with Gasteiger partial charge in [-0.05, 0) is 47.2 Å². The second-order valence-corrected chi connectivity index (χ2v) is 12.5. The summed E-state index contributed by atoms with van der Waals surface area (Å²) in [5, 5.41) is 4.99. The van der Waals surface area contributed by atoms with Gasteiger partial charge < -0.3 is 10.2 Å². The van der Waals surface area contributed by atoms with E-state index in [0.29, 0.717) is 27.5 Å². The first-order valence-corrected chi connectivity index (χ1v) is 15.4. The zero-order chi connectivity index (χ0) is 29.1. The second-order valence-electron chi connectivity index (χ2n) is 9.90. The number of anilines is 1. The lowest BCUT2D eigenvalue weighted by atomic mass is 10.0. The number of nitrogens with one attached hydrogen (secondary N) is 1. The van der Waals surface area contributed by atoms with Gasteiger partial charge >= 0.3 is 0 Å². The summed E-state index contributed by atoms with van der Waals surface area (Å²) in [5.74, 6) is -0.570. The largest absolute Gasteiger partial charge is 0.357 e. The minimum absolute atomic E-state index is 0.0436. The number of likely N-dealkylation sites (N-methyl/N-ethyl adjacent to an activating group) is 1. The van der Waals surface area contributed by atoms with Crippen LogP contribution in [0.15, 0.2) is 89.8 Å². The van der Waals surface area contributed by atoms with Crippen LogP contribution in [-0.2, 0) is 32.6 Å². The predicted molar refractivity (Wildman–Crippen MR) is 163 cm³/mol. The van der Waals surface area contributed by atoms with Gasteiger partial charge in [-0.25, -0.2) is 8.42 Å². The van der Waals surface area contributed by atoms with Crippen molar-refractivity contribution >= 4 is 61.5 Å². The number of carbonyl (C=O) groups excluding carboxylic acids is 2. The lowest BCUT2D eigenvalue weighted by Crippen LogP contribution is -2.49. The summed E-state index contributed by atoms with van der Waals surface area (Å²) in [6.07, 6.45) is 0.624. The van der Waals surface area contributed by atoms with Crippen molar-refractivity contribution in [2.75, 3.05) is 17.9 Å². The standard InChI is InChI=1S/C31H29Cl2N3O4S/c1-34-31(38)27(19-21-8-3-2-4-9-21)35(20-22-15-16-24(32)25(33)18-22)29(37)14-7-17-36-26-12-5-10-23-11-6-13-28(30(23)26)41(36,39)40/h2-6,8-13,15-16,18,27H,7,14,17,19-20H2,1H3,(H,34,38)/t27-/m1/s1. The van der Waals surface area contributed by atoms with E-state index in [4.69, 9.17) is 23.2 Å². The average molecular weight is 611 g/mol. The molecule has 1 aliphatic heterocycles. The highest BCUT2D eigenvalue weighted by Crippen LogP contribution is 2.42. The van der Waals surface area contributed by atoms with Crippen LogP contribution in [0.1, 0.15) is 24.0 Å². The van der Waals surface area contributed by atoms with Crippen LogP contribution >= 0.6 is 23.2 Å². The van der Waals surface area contributed by atoms with E-state index in [1.54, 1.807) is 48.3 Å². The van der Waals surface area contributed by atoms with Gasteiger partial charge in [-0.15, -0.1) is 0 Å². The molecule has 7 nitrogen and oxygen atoms in total. The van der Waals surface area contributed by atoms with Crippen molar-refractivity contribution in [2.45, 2.75) is 36.7 Å². The Balaban J connectivity index is 1.39. The summed E-state index contributed by atoms with van der Waals surface area (Å²) in [6.45, 7) is 0.263. The van der Waals surface area contributed by atoms with Crippen molar-refractivity contribution in [3.63, 3.8) is 0 Å². The number of halogens is 2. The number of benzene rings is 4. The number of carbonyl (C=O) groups is 2. The third-order valence-electron chi connectivity index (χ3n) is 7.29. The molecule has 0 aliphatic carbocycles. The number of sulfonamides is 1. The summed E-state index contributed by atoms with van der Waals surface area (Å²) in [6, 6.07) is 24.5. The van der Waals surface area contributed by atoms with Crippen LogP contribution in [0.25, 0.3) is 10.8 Å². The average Bonchev–Trinajstić information content (AvgIpc) is 3.19.